The van der Waals surface area contributed by atoms with Crippen LogP contribution >= 0.6 is 27.7 Å². The fraction of sp³-hybridized carbons (Fsp3) is 0.200. The molecule has 6 nitrogen and oxygen atoms in total. The normalized spacial score (nSPS) is 16.5. The van der Waals surface area contributed by atoms with Gasteiger partial charge in [0, 0.05) is 0 Å². The number of phenolic OH excluding ortho intramolecular Hbond substituents is 1. The standard InChI is InChI=1S/C20H19BrN2O4S/c1-3-26-14-7-5-13(6-8-14)22-20-23-19(25)17(28-20)11-12-9-15(21)18(24)16(10-12)27-4-2/h5-11,24H,3-4H2,1-2H3,(H,22,23,25). The summed E-state index contributed by atoms with van der Waals surface area (Å²) >= 11 is 4.56. The van der Waals surface area contributed by atoms with Crippen LogP contribution in [0.25, 0.3) is 6.08 Å². The van der Waals surface area contributed by atoms with Crippen LogP contribution in [0.4, 0.5) is 5.69 Å². The van der Waals surface area contributed by atoms with Gasteiger partial charge in [-0.25, -0.2) is 4.99 Å². The van der Waals surface area contributed by atoms with E-state index >= 15 is 0 Å². The number of phenols is 1. The Labute approximate surface area is 175 Å². The quantitative estimate of drug-likeness (QED) is 0.600. The lowest BCUT2D eigenvalue weighted by Gasteiger charge is -2.08. The van der Waals surface area contributed by atoms with Crippen LogP contribution in [0.3, 0.4) is 0 Å². The van der Waals surface area contributed by atoms with Gasteiger partial charge < -0.3 is 19.9 Å². The van der Waals surface area contributed by atoms with Crippen LogP contribution in [0.5, 0.6) is 17.2 Å². The molecule has 8 heteroatoms. The lowest BCUT2D eigenvalue weighted by molar-refractivity contribution is -0.115. The highest BCUT2D eigenvalue weighted by Crippen LogP contribution is 2.37. The van der Waals surface area contributed by atoms with Gasteiger partial charge in [-0.05, 0) is 89.6 Å². The number of amides is 1. The fourth-order valence-electron chi connectivity index (χ4n) is 2.48. The summed E-state index contributed by atoms with van der Waals surface area (Å²) in [5.74, 6) is 0.940. The van der Waals surface area contributed by atoms with Crippen LogP contribution in [0, 0.1) is 0 Å². The maximum absolute atomic E-state index is 12.3. The van der Waals surface area contributed by atoms with Gasteiger partial charge in [0.25, 0.3) is 5.91 Å². The van der Waals surface area contributed by atoms with E-state index < -0.39 is 0 Å². The predicted molar refractivity (Wildman–Crippen MR) is 115 cm³/mol. The minimum atomic E-state index is -0.225. The topological polar surface area (TPSA) is 80.2 Å². The molecule has 146 valence electrons. The number of aromatic hydroxyl groups is 1. The van der Waals surface area contributed by atoms with Crippen molar-refractivity contribution in [1.82, 2.24) is 5.32 Å². The van der Waals surface area contributed by atoms with E-state index in [1.165, 1.54) is 11.8 Å². The van der Waals surface area contributed by atoms with Gasteiger partial charge in [-0.15, -0.1) is 0 Å². The molecule has 0 radical (unpaired) electrons. The van der Waals surface area contributed by atoms with E-state index in [9.17, 15) is 9.90 Å². The Kier molecular flexibility index (Phi) is 6.64. The molecule has 0 unspecified atom stereocenters. The van der Waals surface area contributed by atoms with Crippen LogP contribution in [-0.4, -0.2) is 29.4 Å². The molecule has 0 spiro atoms. The summed E-state index contributed by atoms with van der Waals surface area (Å²) in [6.45, 7) is 4.79. The third-order valence-electron chi connectivity index (χ3n) is 3.68. The van der Waals surface area contributed by atoms with E-state index in [4.69, 9.17) is 9.47 Å². The van der Waals surface area contributed by atoms with Crippen molar-refractivity contribution in [2.75, 3.05) is 13.2 Å². The van der Waals surface area contributed by atoms with Gasteiger partial charge >= 0.3 is 0 Å². The second-order valence-electron chi connectivity index (χ2n) is 5.69. The number of halogens is 1. The van der Waals surface area contributed by atoms with Crippen molar-refractivity contribution in [3.05, 3.63) is 51.3 Å². The first kappa shape index (κ1) is 20.3. The molecule has 0 aromatic heterocycles. The van der Waals surface area contributed by atoms with E-state index in [1.807, 2.05) is 38.1 Å². The fourth-order valence-corrected chi connectivity index (χ4v) is 3.78. The number of carbonyl (C=O) groups excluding carboxylic acids is 1. The summed E-state index contributed by atoms with van der Waals surface area (Å²) < 4.78 is 11.3. The lowest BCUT2D eigenvalue weighted by Crippen LogP contribution is -2.19. The highest BCUT2D eigenvalue weighted by molar-refractivity contribution is 9.10. The van der Waals surface area contributed by atoms with Crippen molar-refractivity contribution in [3.8, 4) is 17.2 Å². The Morgan fingerprint density at radius 3 is 2.57 bits per heavy atom. The number of hydrogen-bond acceptors (Lipinski definition) is 6. The number of amidine groups is 1. The number of thioether (sulfide) groups is 1. The van der Waals surface area contributed by atoms with Crippen LogP contribution in [0.1, 0.15) is 19.4 Å². The molecular formula is C20H19BrN2O4S. The number of hydrogen-bond donors (Lipinski definition) is 2. The zero-order valence-electron chi connectivity index (χ0n) is 15.4. The highest BCUT2D eigenvalue weighted by atomic mass is 79.9. The first-order chi connectivity index (χ1) is 13.5. The second kappa shape index (κ2) is 9.16. The maximum Gasteiger partial charge on any atom is 0.264 e. The third kappa shape index (κ3) is 4.88. The average molecular weight is 463 g/mol. The summed E-state index contributed by atoms with van der Waals surface area (Å²) in [5.41, 5.74) is 1.45. The van der Waals surface area contributed by atoms with Gasteiger partial charge in [0.2, 0.25) is 0 Å². The maximum atomic E-state index is 12.3. The first-order valence-corrected chi connectivity index (χ1v) is 10.3. The molecular weight excluding hydrogens is 444 g/mol. The van der Waals surface area contributed by atoms with Gasteiger partial charge in [0.05, 0.1) is 28.3 Å². The smallest absolute Gasteiger partial charge is 0.264 e. The van der Waals surface area contributed by atoms with Crippen LogP contribution < -0.4 is 14.8 Å². The Bertz CT molecular complexity index is 942. The molecule has 1 fully saturated rings. The van der Waals surface area contributed by atoms with E-state index in [0.717, 1.165) is 17.0 Å². The molecule has 1 aliphatic heterocycles. The largest absolute Gasteiger partial charge is 0.503 e. The molecule has 2 aromatic carbocycles. The average Bonchev–Trinajstić information content (AvgIpc) is 3.00. The minimum absolute atomic E-state index is 0.0327. The number of carbonyl (C=O) groups is 1. The molecule has 0 aliphatic carbocycles. The lowest BCUT2D eigenvalue weighted by atomic mass is 10.2. The molecule has 0 atom stereocenters. The van der Waals surface area contributed by atoms with Gasteiger partial charge in [0.1, 0.15) is 5.75 Å². The zero-order valence-corrected chi connectivity index (χ0v) is 17.8. The Morgan fingerprint density at radius 2 is 1.89 bits per heavy atom. The van der Waals surface area contributed by atoms with Gasteiger partial charge in [-0.3, -0.25) is 4.79 Å². The number of ether oxygens (including phenoxy) is 2. The summed E-state index contributed by atoms with van der Waals surface area (Å²) in [7, 11) is 0. The Balaban J connectivity index is 1.80. The molecule has 0 bridgehead atoms. The van der Waals surface area contributed by atoms with Crippen molar-refractivity contribution < 1.29 is 19.4 Å². The van der Waals surface area contributed by atoms with Crippen molar-refractivity contribution in [2.24, 2.45) is 4.99 Å². The Hall–Kier alpha value is -2.45. The molecule has 0 saturated carbocycles. The van der Waals surface area contributed by atoms with Crippen LogP contribution in [0.2, 0.25) is 0 Å². The SMILES string of the molecule is CCOc1ccc(N=C2NC(=O)C(=Cc3cc(Br)c(O)c(OCC)c3)S2)cc1. The number of rotatable bonds is 6. The number of nitrogens with one attached hydrogen (secondary N) is 1. The summed E-state index contributed by atoms with van der Waals surface area (Å²) in [6, 6.07) is 10.7. The van der Waals surface area contributed by atoms with E-state index in [-0.39, 0.29) is 11.7 Å². The van der Waals surface area contributed by atoms with Crippen molar-refractivity contribution in [3.63, 3.8) is 0 Å². The second-order valence-corrected chi connectivity index (χ2v) is 7.58. The highest BCUT2D eigenvalue weighted by Gasteiger charge is 2.24. The van der Waals surface area contributed by atoms with E-state index in [0.29, 0.717) is 33.5 Å². The molecule has 1 saturated heterocycles. The van der Waals surface area contributed by atoms with Gasteiger partial charge in [-0.1, -0.05) is 0 Å². The van der Waals surface area contributed by atoms with Crippen molar-refractivity contribution in [1.29, 1.82) is 0 Å². The number of benzene rings is 2. The predicted octanol–water partition coefficient (Wildman–Crippen LogP) is 4.84. The van der Waals surface area contributed by atoms with Crippen molar-refractivity contribution in [2.45, 2.75) is 13.8 Å². The molecule has 2 N–H and O–H groups in total. The number of aliphatic imine (C=N–C) groups is 1. The van der Waals surface area contributed by atoms with E-state index in [2.05, 4.69) is 26.2 Å². The van der Waals surface area contributed by atoms with Crippen molar-refractivity contribution >= 4 is 50.5 Å². The van der Waals surface area contributed by atoms with E-state index in [1.54, 1.807) is 18.2 Å². The molecule has 1 amide bonds. The molecule has 3 rings (SSSR count). The molecule has 1 heterocycles. The molecule has 1 aliphatic rings. The monoisotopic (exact) mass is 462 g/mol. The first-order valence-electron chi connectivity index (χ1n) is 8.68. The summed E-state index contributed by atoms with van der Waals surface area (Å²) in [4.78, 5) is 17.2. The summed E-state index contributed by atoms with van der Waals surface area (Å²) in [5, 5.41) is 13.3. The molecule has 2 aromatic rings. The van der Waals surface area contributed by atoms with Crippen LogP contribution in [-0.2, 0) is 4.79 Å². The van der Waals surface area contributed by atoms with Crippen LogP contribution in [0.15, 0.2) is 50.8 Å². The Morgan fingerprint density at radius 1 is 1.18 bits per heavy atom. The minimum Gasteiger partial charge on any atom is -0.503 e. The van der Waals surface area contributed by atoms with Gasteiger partial charge in [0.15, 0.2) is 16.7 Å². The molecule has 28 heavy (non-hydrogen) atoms. The zero-order chi connectivity index (χ0) is 20.1. The third-order valence-corrected chi connectivity index (χ3v) is 5.19. The number of nitrogens with zero attached hydrogens (tertiary/aromatic N) is 1. The van der Waals surface area contributed by atoms with Gasteiger partial charge in [-0.2, -0.15) is 0 Å². The summed E-state index contributed by atoms with van der Waals surface area (Å²) in [6.07, 6.45) is 1.73.